The molecule has 0 unspecified atom stereocenters. The topological polar surface area (TPSA) is 138 Å². The molecule has 0 radical (unpaired) electrons. The molecule has 5 rings (SSSR count). The van der Waals surface area contributed by atoms with Gasteiger partial charge in [-0.1, -0.05) is 67.2 Å². The first kappa shape index (κ1) is 24.5. The standard InChI is InChI=1S/C31H24O7/c1-16-12-22(33)24(28(35)19(16)13-17-8-4-2-5-9-17)26-30(37)27(31(26)38)25-23(34)15-21(32)20(29(25)36)14-18-10-6-3-7-11-18/h2-12,15,32-37H,1,13-14H2/b26-24-. The van der Waals surface area contributed by atoms with E-state index in [4.69, 9.17) is 0 Å². The summed E-state index contributed by atoms with van der Waals surface area (Å²) < 4.78 is 0. The van der Waals surface area contributed by atoms with Gasteiger partial charge in [-0.2, -0.15) is 0 Å². The number of aromatic hydroxyl groups is 5. The molecule has 6 N–H and O–H groups in total. The molecule has 0 amide bonds. The van der Waals surface area contributed by atoms with Crippen molar-refractivity contribution in [1.82, 2.24) is 0 Å². The zero-order valence-electron chi connectivity index (χ0n) is 20.1. The van der Waals surface area contributed by atoms with Gasteiger partial charge < -0.3 is 30.6 Å². The first-order valence-electron chi connectivity index (χ1n) is 11.8. The van der Waals surface area contributed by atoms with Crippen molar-refractivity contribution in [2.75, 3.05) is 0 Å². The van der Waals surface area contributed by atoms with Crippen LogP contribution in [0.1, 0.15) is 27.8 Å². The molecule has 0 bridgehead atoms. The van der Waals surface area contributed by atoms with E-state index >= 15 is 0 Å². The molecule has 7 nitrogen and oxygen atoms in total. The van der Waals surface area contributed by atoms with E-state index in [-0.39, 0.29) is 40.5 Å². The second-order valence-corrected chi connectivity index (χ2v) is 9.13. The Morgan fingerprint density at radius 3 is 1.71 bits per heavy atom. The number of allylic oxidation sites excluding steroid dienone is 2. The van der Waals surface area contributed by atoms with Crippen LogP contribution in [0.25, 0.3) is 17.7 Å². The molecule has 190 valence electrons. The Morgan fingerprint density at radius 1 is 0.605 bits per heavy atom. The first-order valence-corrected chi connectivity index (χ1v) is 11.8. The number of carbonyl (C=O) groups is 1. The van der Waals surface area contributed by atoms with Gasteiger partial charge >= 0.3 is 0 Å². The number of carbonyl (C=O) groups excluding carboxylic acids is 1. The summed E-state index contributed by atoms with van der Waals surface area (Å²) in [6, 6.07) is 20.5. The number of phenolic OH excluding ortho intramolecular Hbond substituents is 5. The van der Waals surface area contributed by atoms with E-state index in [9.17, 15) is 35.4 Å². The molecular weight excluding hydrogens is 484 g/mol. The quantitative estimate of drug-likeness (QED) is 0.243. The maximum atomic E-state index is 13.3. The number of rotatable bonds is 5. The van der Waals surface area contributed by atoms with Crippen molar-refractivity contribution in [3.05, 3.63) is 117 Å². The Morgan fingerprint density at radius 2 is 1.16 bits per heavy atom. The predicted molar refractivity (Wildman–Crippen MR) is 142 cm³/mol. The molecule has 1 aliphatic rings. The predicted octanol–water partition coefficient (Wildman–Crippen LogP) is 3.51. The van der Waals surface area contributed by atoms with Crippen LogP contribution < -0.4 is 10.4 Å². The van der Waals surface area contributed by atoms with E-state index in [1.807, 2.05) is 36.4 Å². The maximum absolute atomic E-state index is 13.3. The lowest BCUT2D eigenvalue weighted by molar-refractivity contribution is -0.110. The Labute approximate surface area is 217 Å². The van der Waals surface area contributed by atoms with Gasteiger partial charge in [0.15, 0.2) is 0 Å². The van der Waals surface area contributed by atoms with Crippen LogP contribution in [-0.4, -0.2) is 36.4 Å². The number of phenols is 5. The van der Waals surface area contributed by atoms with Crippen LogP contribution in [0.4, 0.5) is 0 Å². The molecule has 4 aromatic carbocycles. The fourth-order valence-electron chi connectivity index (χ4n) is 4.76. The van der Waals surface area contributed by atoms with Gasteiger partial charge in [-0.05, 0) is 22.4 Å². The van der Waals surface area contributed by atoms with Gasteiger partial charge in [-0.15, -0.1) is 0 Å². The molecule has 0 heterocycles. The highest BCUT2D eigenvalue weighted by Crippen LogP contribution is 2.48. The lowest BCUT2D eigenvalue weighted by Crippen LogP contribution is -2.29. The normalized spacial score (nSPS) is 14.5. The summed E-state index contributed by atoms with van der Waals surface area (Å²) >= 11 is 0. The molecular formula is C31H24O7. The number of aliphatic hydroxyl groups is 1. The van der Waals surface area contributed by atoms with E-state index < -0.39 is 40.1 Å². The minimum atomic E-state index is -0.808. The second kappa shape index (κ2) is 9.37. The number of aliphatic hydroxyl groups excluding tert-OH is 1. The van der Waals surface area contributed by atoms with Crippen LogP contribution in [0.15, 0.2) is 78.6 Å². The van der Waals surface area contributed by atoms with E-state index in [0.717, 1.165) is 17.2 Å². The highest BCUT2D eigenvalue weighted by atomic mass is 16.3. The van der Waals surface area contributed by atoms with E-state index in [2.05, 4.69) is 6.58 Å². The summed E-state index contributed by atoms with van der Waals surface area (Å²) in [5, 5.41) is 64.5. The van der Waals surface area contributed by atoms with Crippen molar-refractivity contribution in [2.45, 2.75) is 12.8 Å². The smallest absolute Gasteiger partial charge is 0.202 e. The summed E-state index contributed by atoms with van der Waals surface area (Å²) in [4.78, 5) is 13.3. The maximum Gasteiger partial charge on any atom is 0.202 e. The highest BCUT2D eigenvalue weighted by Gasteiger charge is 2.40. The monoisotopic (exact) mass is 508 g/mol. The second-order valence-electron chi connectivity index (χ2n) is 9.13. The highest BCUT2D eigenvalue weighted by molar-refractivity contribution is 6.52. The summed E-state index contributed by atoms with van der Waals surface area (Å²) in [7, 11) is 0. The van der Waals surface area contributed by atoms with Crippen LogP contribution in [0.2, 0.25) is 0 Å². The molecule has 7 heteroatoms. The van der Waals surface area contributed by atoms with E-state index in [1.165, 1.54) is 6.07 Å². The third kappa shape index (κ3) is 4.00. The van der Waals surface area contributed by atoms with Crippen LogP contribution in [0.3, 0.4) is 0 Å². The lowest BCUT2D eigenvalue weighted by Gasteiger charge is -2.24. The number of benzene rings is 4. The zero-order valence-corrected chi connectivity index (χ0v) is 20.1. The molecule has 0 saturated heterocycles. The molecule has 4 aromatic rings. The van der Waals surface area contributed by atoms with Crippen LogP contribution >= 0.6 is 0 Å². The van der Waals surface area contributed by atoms with Gasteiger partial charge in [0.2, 0.25) is 5.78 Å². The number of hydrogen-bond donors (Lipinski definition) is 6. The molecule has 0 saturated carbocycles. The van der Waals surface area contributed by atoms with E-state index in [1.54, 1.807) is 24.3 Å². The lowest BCUT2D eigenvalue weighted by atomic mass is 9.80. The van der Waals surface area contributed by atoms with Crippen LogP contribution in [-0.2, 0) is 17.6 Å². The third-order valence-corrected chi connectivity index (χ3v) is 6.71. The summed E-state index contributed by atoms with van der Waals surface area (Å²) in [5.74, 6) is -3.85. The largest absolute Gasteiger partial charge is 0.507 e. The van der Waals surface area contributed by atoms with E-state index in [0.29, 0.717) is 10.8 Å². The Bertz CT molecular complexity index is 1740. The minimum Gasteiger partial charge on any atom is -0.507 e. The fourth-order valence-corrected chi connectivity index (χ4v) is 4.76. The molecule has 1 aliphatic carbocycles. The third-order valence-electron chi connectivity index (χ3n) is 6.71. The summed E-state index contributed by atoms with van der Waals surface area (Å²) in [5.41, 5.74) is 0.937. The summed E-state index contributed by atoms with van der Waals surface area (Å²) in [6.07, 6.45) is 0.361. The fraction of sp³-hybridized carbons (Fsp3) is 0.0645. The number of hydrogen-bond acceptors (Lipinski definition) is 7. The van der Waals surface area contributed by atoms with Gasteiger partial charge in [-0.3, -0.25) is 4.79 Å². The zero-order chi connectivity index (χ0) is 27.1. The van der Waals surface area contributed by atoms with Crippen molar-refractivity contribution in [3.8, 4) is 28.7 Å². The Kier molecular flexibility index (Phi) is 6.04. The van der Waals surface area contributed by atoms with Gasteiger partial charge in [0, 0.05) is 30.0 Å². The van der Waals surface area contributed by atoms with Crippen LogP contribution in [0.5, 0.6) is 28.7 Å². The van der Waals surface area contributed by atoms with Gasteiger partial charge in [-0.25, -0.2) is 0 Å². The van der Waals surface area contributed by atoms with Crippen molar-refractivity contribution in [1.29, 1.82) is 0 Å². The molecule has 0 aromatic heterocycles. The number of ketones is 1. The Hall–Kier alpha value is -5.17. The first-order chi connectivity index (χ1) is 18.2. The van der Waals surface area contributed by atoms with Gasteiger partial charge in [0.25, 0.3) is 0 Å². The van der Waals surface area contributed by atoms with Crippen LogP contribution in [0, 0.1) is 0 Å². The SMILES string of the molecule is C=c1cc(O)/c(=C2/C(=O)C(c3c(O)cc(O)c(Cc4ccccc4)c3O)=C2O)c(O)c1Cc1ccccc1. The van der Waals surface area contributed by atoms with Gasteiger partial charge in [0.05, 0.1) is 21.9 Å². The van der Waals surface area contributed by atoms with Crippen molar-refractivity contribution >= 4 is 23.5 Å². The molecule has 0 fully saturated rings. The van der Waals surface area contributed by atoms with Crippen molar-refractivity contribution in [2.24, 2.45) is 0 Å². The van der Waals surface area contributed by atoms with Crippen molar-refractivity contribution < 1.29 is 35.4 Å². The number of Topliss-reactive ketones (excluding diaryl/α,β-unsaturated/α-hetero) is 1. The summed E-state index contributed by atoms with van der Waals surface area (Å²) in [6.45, 7) is 3.88. The van der Waals surface area contributed by atoms with Gasteiger partial charge in [0.1, 0.15) is 34.5 Å². The molecule has 0 spiro atoms. The molecule has 38 heavy (non-hydrogen) atoms. The minimum absolute atomic E-state index is 0.0582. The molecule has 0 atom stereocenters. The van der Waals surface area contributed by atoms with Crippen molar-refractivity contribution in [3.63, 3.8) is 0 Å². The Balaban J connectivity index is 1.67. The average Bonchev–Trinajstić information content (AvgIpc) is 2.90. The molecule has 0 aliphatic heterocycles. The average molecular weight is 509 g/mol.